The minimum Gasteiger partial charge on any atom is -0.550 e. The van der Waals surface area contributed by atoms with Crippen LogP contribution in [0.25, 0.3) is 16.3 Å². The summed E-state index contributed by atoms with van der Waals surface area (Å²) < 4.78 is 0. The topological polar surface area (TPSA) is 225 Å². The van der Waals surface area contributed by atoms with Crippen LogP contribution in [0, 0.1) is 5.41 Å². The molecular formula is C41H46N4O8. The lowest BCUT2D eigenvalue weighted by atomic mass is 9.80. The third-order valence-corrected chi connectivity index (χ3v) is 8.41. The molecule has 1 aliphatic carbocycles. The van der Waals surface area contributed by atoms with Crippen molar-refractivity contribution < 1.29 is 51.1 Å². The number of anilines is 3. The predicted molar refractivity (Wildman–Crippen MR) is 200 cm³/mol. The first-order valence-electron chi connectivity index (χ1n) is 17.0. The van der Waals surface area contributed by atoms with Crippen molar-refractivity contribution in [2.75, 3.05) is 37.4 Å². The van der Waals surface area contributed by atoms with Gasteiger partial charge in [0.1, 0.15) is 5.41 Å². The molecule has 12 heteroatoms. The molecular weight excluding hydrogens is 676 g/mol. The summed E-state index contributed by atoms with van der Waals surface area (Å²) >= 11 is 0. The molecule has 9 N–H and O–H groups in total. The van der Waals surface area contributed by atoms with Gasteiger partial charge in [0.2, 0.25) is 0 Å². The number of carbonyl (C=O) groups excluding carboxylic acids is 2. The zero-order chi connectivity index (χ0) is 39.0. The molecule has 0 atom stereocenters. The lowest BCUT2D eigenvalue weighted by Gasteiger charge is -2.24. The van der Waals surface area contributed by atoms with E-state index in [9.17, 15) is 29.4 Å². The molecule has 1 aliphatic rings. The highest BCUT2D eigenvalue weighted by atomic mass is 16.4. The number of rotatable bonds is 13. The van der Waals surface area contributed by atoms with E-state index in [0.717, 1.165) is 24.5 Å². The van der Waals surface area contributed by atoms with Gasteiger partial charge in [-0.3, -0.25) is 9.59 Å². The number of fused-ring (bicyclic) bond motifs is 1. The number of nitrogens with one attached hydrogen (secondary N) is 1. The standard InChI is InChI=1S/C33H34N4.2C4H6O4/c1-37(2)27-14-12-24(13-15-27)32(25-18-20-33(22-34,23-35)21-19-25)30-16-17-31(29-11-7-6-10-28(29)30)36-26-8-4-3-5-9-26;2*5-3(6)1-2-4(7)8/h3-21,36H,22-23,34-35H2,1-2H3;2*1-2H2,(H,5,6)(H,7,8). The summed E-state index contributed by atoms with van der Waals surface area (Å²) in [5.74, 6) is -4.89. The Bertz CT molecular complexity index is 1890. The fourth-order valence-corrected chi connectivity index (χ4v) is 5.37. The molecule has 4 aromatic carbocycles. The first kappa shape index (κ1) is 41.2. The van der Waals surface area contributed by atoms with Crippen LogP contribution in [0.5, 0.6) is 0 Å². The van der Waals surface area contributed by atoms with Crippen molar-refractivity contribution in [3.05, 3.63) is 132 Å². The smallest absolute Gasteiger partial charge is 0.303 e. The van der Waals surface area contributed by atoms with Crippen LogP contribution in [0.2, 0.25) is 0 Å². The second-order valence-electron chi connectivity index (χ2n) is 12.4. The predicted octanol–water partition coefficient (Wildman–Crippen LogP) is 2.25. The van der Waals surface area contributed by atoms with Gasteiger partial charge in [-0.15, -0.1) is 0 Å². The fourth-order valence-electron chi connectivity index (χ4n) is 5.37. The summed E-state index contributed by atoms with van der Waals surface area (Å²) in [6, 6.07) is 32.3. The molecule has 0 heterocycles. The highest BCUT2D eigenvalue weighted by Crippen LogP contribution is 2.39. The normalized spacial score (nSPS) is 12.4. The third-order valence-electron chi connectivity index (χ3n) is 8.41. The molecule has 0 aliphatic heterocycles. The Morgan fingerprint density at radius 1 is 0.679 bits per heavy atom. The van der Waals surface area contributed by atoms with Gasteiger partial charge in [-0.05, 0) is 70.8 Å². The molecule has 0 saturated carbocycles. The second kappa shape index (κ2) is 20.0. The first-order valence-corrected chi connectivity index (χ1v) is 17.0. The van der Waals surface area contributed by atoms with E-state index < -0.39 is 36.7 Å². The van der Waals surface area contributed by atoms with E-state index in [1.54, 1.807) is 0 Å². The number of benzene rings is 4. The maximum atomic E-state index is 9.61. The van der Waals surface area contributed by atoms with Crippen LogP contribution < -0.4 is 31.9 Å². The van der Waals surface area contributed by atoms with Crippen LogP contribution in [-0.4, -0.2) is 61.3 Å². The van der Waals surface area contributed by atoms with Crippen molar-refractivity contribution in [2.45, 2.75) is 25.7 Å². The van der Waals surface area contributed by atoms with Gasteiger partial charge in [-0.1, -0.05) is 85.0 Å². The molecule has 0 unspecified atom stereocenters. The van der Waals surface area contributed by atoms with E-state index >= 15 is 0 Å². The van der Waals surface area contributed by atoms with Gasteiger partial charge in [-0.25, -0.2) is 0 Å². The number of aliphatic carboxylic acids is 4. The Labute approximate surface area is 308 Å². The minimum absolute atomic E-state index is 0.0745. The van der Waals surface area contributed by atoms with E-state index in [1.165, 1.54) is 38.7 Å². The average molecular weight is 723 g/mol. The number of para-hydroxylation sites is 1. The average Bonchev–Trinajstić information content (AvgIpc) is 3.15. The van der Waals surface area contributed by atoms with Crippen LogP contribution in [0.15, 0.2) is 121 Å². The van der Waals surface area contributed by atoms with Crippen LogP contribution in [0.3, 0.4) is 0 Å². The second-order valence-corrected chi connectivity index (χ2v) is 12.4. The maximum Gasteiger partial charge on any atom is 0.303 e. The minimum atomic E-state index is -1.33. The Hall–Kier alpha value is -6.24. The highest BCUT2D eigenvalue weighted by molar-refractivity contribution is 6.05. The molecule has 0 spiro atoms. The van der Waals surface area contributed by atoms with Crippen molar-refractivity contribution in [2.24, 2.45) is 5.41 Å². The Morgan fingerprint density at radius 3 is 1.64 bits per heavy atom. The van der Waals surface area contributed by atoms with E-state index in [-0.39, 0.29) is 18.3 Å². The van der Waals surface area contributed by atoms with Gasteiger partial charge in [-0.2, -0.15) is 0 Å². The molecule has 0 saturated heterocycles. The summed E-state index contributed by atoms with van der Waals surface area (Å²) in [7, 11) is 4.15. The van der Waals surface area contributed by atoms with Crippen LogP contribution in [0.1, 0.15) is 36.8 Å². The number of quaternary nitrogens is 2. The van der Waals surface area contributed by atoms with Crippen molar-refractivity contribution in [3.63, 3.8) is 0 Å². The van der Waals surface area contributed by atoms with Gasteiger partial charge in [0.15, 0.2) is 0 Å². The molecule has 12 nitrogen and oxygen atoms in total. The molecule has 0 amide bonds. The lowest BCUT2D eigenvalue weighted by molar-refractivity contribution is -0.429. The van der Waals surface area contributed by atoms with Gasteiger partial charge in [0.05, 0.1) is 25.9 Å². The third kappa shape index (κ3) is 12.5. The summed E-state index contributed by atoms with van der Waals surface area (Å²) in [6.45, 7) is 1.60. The maximum absolute atomic E-state index is 9.61. The van der Waals surface area contributed by atoms with Gasteiger partial charge >= 0.3 is 11.9 Å². The molecule has 0 aromatic heterocycles. The van der Waals surface area contributed by atoms with Crippen LogP contribution in [0.4, 0.5) is 17.1 Å². The summed E-state index contributed by atoms with van der Waals surface area (Å²) in [5.41, 5.74) is 16.5. The SMILES string of the molecule is CN(C)c1ccc(C(=C2C=CC(C[NH3+])(C[NH3+])C=C2)c2ccc(Nc3ccccc3)c3ccccc23)cc1.O=C([O-])CCC(=O)O.O=C([O-])CCC(=O)O. The number of nitrogens with zero attached hydrogens (tertiary/aromatic N) is 1. The Kier molecular flexibility index (Phi) is 15.5. The molecule has 53 heavy (non-hydrogen) atoms. The summed E-state index contributed by atoms with van der Waals surface area (Å²) in [6.07, 6.45) is 7.55. The van der Waals surface area contributed by atoms with Crippen molar-refractivity contribution in [1.29, 1.82) is 0 Å². The number of carbonyl (C=O) groups is 4. The number of carboxylic acid groups (broad SMARTS) is 4. The highest BCUT2D eigenvalue weighted by Gasteiger charge is 2.28. The largest absolute Gasteiger partial charge is 0.550 e. The monoisotopic (exact) mass is 722 g/mol. The van der Waals surface area contributed by atoms with Crippen molar-refractivity contribution in [3.8, 4) is 0 Å². The Balaban J connectivity index is 0.000000395. The molecule has 0 fully saturated rings. The lowest BCUT2D eigenvalue weighted by Crippen LogP contribution is -2.66. The number of allylic oxidation sites excluding steroid dienone is 3. The van der Waals surface area contributed by atoms with E-state index in [0.29, 0.717) is 0 Å². The molecule has 0 bridgehead atoms. The molecule has 278 valence electrons. The summed E-state index contributed by atoms with van der Waals surface area (Å²) in [4.78, 5) is 40.4. The number of carboxylic acids is 4. The fraction of sp³-hybridized carbons (Fsp3) is 0.220. The molecule has 0 radical (unpaired) electrons. The quantitative estimate of drug-likeness (QED) is 0.135. The van der Waals surface area contributed by atoms with Gasteiger partial charge in [0.25, 0.3) is 0 Å². The van der Waals surface area contributed by atoms with E-state index in [4.69, 9.17) is 10.2 Å². The number of hydrogen-bond acceptors (Lipinski definition) is 8. The van der Waals surface area contributed by atoms with Crippen molar-refractivity contribution in [1.82, 2.24) is 0 Å². The van der Waals surface area contributed by atoms with Crippen LogP contribution >= 0.6 is 0 Å². The van der Waals surface area contributed by atoms with E-state index in [1.807, 2.05) is 6.07 Å². The van der Waals surface area contributed by atoms with Crippen molar-refractivity contribution >= 4 is 57.3 Å². The zero-order valence-electron chi connectivity index (χ0n) is 29.9. The van der Waals surface area contributed by atoms with Crippen LogP contribution in [-0.2, 0) is 19.2 Å². The number of hydrogen-bond donors (Lipinski definition) is 5. The summed E-state index contributed by atoms with van der Waals surface area (Å²) in [5, 5.41) is 40.8. The Morgan fingerprint density at radius 2 is 1.19 bits per heavy atom. The van der Waals surface area contributed by atoms with Gasteiger partial charge < -0.3 is 51.7 Å². The molecule has 4 aromatic rings. The molecule has 5 rings (SSSR count). The van der Waals surface area contributed by atoms with E-state index in [2.05, 4.69) is 145 Å². The first-order chi connectivity index (χ1) is 25.3. The zero-order valence-corrected chi connectivity index (χ0v) is 29.9. The van der Waals surface area contributed by atoms with Gasteiger partial charge in [0, 0.05) is 48.5 Å².